The van der Waals surface area contributed by atoms with Crippen molar-refractivity contribution in [2.75, 3.05) is 19.4 Å². The molecule has 0 aliphatic heterocycles. The van der Waals surface area contributed by atoms with Crippen LogP contribution in [-0.4, -0.2) is 75.7 Å². The second kappa shape index (κ2) is 18.6. The molecule has 11 nitrogen and oxygen atoms in total. The number of imidazole rings is 1. The van der Waals surface area contributed by atoms with Gasteiger partial charge in [-0.1, -0.05) is 76.3 Å². The van der Waals surface area contributed by atoms with E-state index in [1.54, 1.807) is 20.0 Å². The van der Waals surface area contributed by atoms with Gasteiger partial charge >= 0.3 is 7.60 Å². The molecule has 1 aliphatic carbocycles. The summed E-state index contributed by atoms with van der Waals surface area (Å²) in [5.74, 6) is -1.68. The molecule has 1 heterocycles. The van der Waals surface area contributed by atoms with Gasteiger partial charge in [0.25, 0.3) is 0 Å². The molecular weight excluding hydrogens is 595 g/mol. The quantitative estimate of drug-likeness (QED) is 0.140. The van der Waals surface area contributed by atoms with E-state index in [-0.39, 0.29) is 38.1 Å². The summed E-state index contributed by atoms with van der Waals surface area (Å²) in [6, 6.07) is 7.64. The summed E-state index contributed by atoms with van der Waals surface area (Å²) in [5.41, 5.74) is 1.43. The predicted molar refractivity (Wildman–Crippen MR) is 174 cm³/mol. The molecule has 0 spiro atoms. The van der Waals surface area contributed by atoms with E-state index in [1.165, 1.54) is 12.7 Å². The fourth-order valence-electron chi connectivity index (χ4n) is 6.04. The highest BCUT2D eigenvalue weighted by atomic mass is 31.2. The van der Waals surface area contributed by atoms with Crippen molar-refractivity contribution in [1.29, 1.82) is 0 Å². The zero-order chi connectivity index (χ0) is 32.8. The lowest BCUT2D eigenvalue weighted by atomic mass is 9.82. The summed E-state index contributed by atoms with van der Waals surface area (Å²) in [7, 11) is -3.61. The maximum absolute atomic E-state index is 14.0. The Hall–Kier alpha value is -2.56. The third-order valence-electron chi connectivity index (χ3n) is 8.48. The van der Waals surface area contributed by atoms with E-state index >= 15 is 0 Å². The van der Waals surface area contributed by atoms with E-state index in [2.05, 4.69) is 20.6 Å². The molecule has 1 aromatic heterocycles. The SMILES string of the molecule is CCOP(=O)(C[C@@H](Cc1ccccc1)C(=O)N[C@@H](Cc1c[nH]cn1)C(=O)N[C@@H](CC1CCCCC1)[C@@H](O)[C@@H](O)C(C)C)OCC. The number of benzene rings is 1. The monoisotopic (exact) mass is 648 g/mol. The first-order valence-corrected chi connectivity index (χ1v) is 18.1. The Balaban J connectivity index is 1.87. The van der Waals surface area contributed by atoms with Gasteiger partial charge in [0.15, 0.2) is 0 Å². The molecular formula is C33H53N4O7P. The van der Waals surface area contributed by atoms with Crippen molar-refractivity contribution in [3.8, 4) is 0 Å². The zero-order valence-electron chi connectivity index (χ0n) is 27.2. The molecule has 0 unspecified atom stereocenters. The lowest BCUT2D eigenvalue weighted by molar-refractivity contribution is -0.132. The van der Waals surface area contributed by atoms with Crippen LogP contribution in [0.2, 0.25) is 0 Å². The number of nitrogens with one attached hydrogen (secondary N) is 3. The Morgan fingerprint density at radius 3 is 2.22 bits per heavy atom. The van der Waals surface area contributed by atoms with Crippen molar-refractivity contribution in [2.24, 2.45) is 17.8 Å². The molecule has 0 radical (unpaired) electrons. The van der Waals surface area contributed by atoms with Crippen molar-refractivity contribution in [3.05, 3.63) is 54.1 Å². The maximum atomic E-state index is 14.0. The number of hydrogen-bond acceptors (Lipinski definition) is 8. The predicted octanol–water partition coefficient (Wildman–Crippen LogP) is 4.40. The highest BCUT2D eigenvalue weighted by molar-refractivity contribution is 7.53. The maximum Gasteiger partial charge on any atom is 0.331 e. The molecule has 2 aromatic rings. The highest BCUT2D eigenvalue weighted by Gasteiger charge is 2.37. The average molecular weight is 649 g/mol. The van der Waals surface area contributed by atoms with Crippen molar-refractivity contribution in [3.63, 3.8) is 0 Å². The Morgan fingerprint density at radius 2 is 1.64 bits per heavy atom. The van der Waals surface area contributed by atoms with Gasteiger partial charge in [0.1, 0.15) is 12.1 Å². The molecule has 0 saturated heterocycles. The fourth-order valence-corrected chi connectivity index (χ4v) is 7.94. The van der Waals surface area contributed by atoms with E-state index < -0.39 is 49.6 Å². The number of hydrogen-bond donors (Lipinski definition) is 5. The fraction of sp³-hybridized carbons (Fsp3) is 0.667. The number of carbonyl (C=O) groups is 2. The minimum Gasteiger partial charge on any atom is -0.390 e. The van der Waals surface area contributed by atoms with Gasteiger partial charge in [0.05, 0.1) is 49.5 Å². The van der Waals surface area contributed by atoms with E-state index in [0.717, 1.165) is 31.2 Å². The molecule has 5 atom stereocenters. The summed E-state index contributed by atoms with van der Waals surface area (Å²) in [4.78, 5) is 35.1. The number of carbonyl (C=O) groups excluding carboxylic acids is 2. The van der Waals surface area contributed by atoms with E-state index in [4.69, 9.17) is 9.05 Å². The molecule has 12 heteroatoms. The topological polar surface area (TPSA) is 163 Å². The average Bonchev–Trinajstić information content (AvgIpc) is 3.53. The van der Waals surface area contributed by atoms with E-state index in [9.17, 15) is 24.4 Å². The summed E-state index contributed by atoms with van der Waals surface area (Å²) in [6.45, 7) is 7.41. The Morgan fingerprint density at radius 1 is 0.978 bits per heavy atom. The number of aliphatic hydroxyl groups is 2. The number of amides is 2. The molecule has 252 valence electrons. The van der Waals surface area contributed by atoms with Crippen LogP contribution in [0.4, 0.5) is 0 Å². The van der Waals surface area contributed by atoms with Crippen LogP contribution in [0.3, 0.4) is 0 Å². The van der Waals surface area contributed by atoms with Gasteiger partial charge in [-0.3, -0.25) is 14.2 Å². The van der Waals surface area contributed by atoms with Crippen LogP contribution < -0.4 is 10.6 Å². The van der Waals surface area contributed by atoms with Crippen LogP contribution >= 0.6 is 7.60 Å². The minimum absolute atomic E-state index is 0.0900. The number of H-pyrrole nitrogens is 1. The van der Waals surface area contributed by atoms with Gasteiger partial charge in [-0.25, -0.2) is 4.98 Å². The first-order chi connectivity index (χ1) is 21.5. The lowest BCUT2D eigenvalue weighted by Crippen LogP contribution is -2.57. The van der Waals surface area contributed by atoms with Crippen molar-refractivity contribution in [1.82, 2.24) is 20.6 Å². The Labute approximate surface area is 267 Å². The zero-order valence-corrected chi connectivity index (χ0v) is 28.1. The summed E-state index contributed by atoms with van der Waals surface area (Å²) < 4.78 is 24.6. The van der Waals surface area contributed by atoms with Gasteiger partial charge < -0.3 is 34.9 Å². The van der Waals surface area contributed by atoms with Crippen molar-refractivity contribution < 1.29 is 33.4 Å². The molecule has 1 aromatic carbocycles. The van der Waals surface area contributed by atoms with Crippen LogP contribution in [0.15, 0.2) is 42.9 Å². The third kappa shape index (κ3) is 12.0. The number of rotatable bonds is 19. The first-order valence-electron chi connectivity index (χ1n) is 16.4. The molecule has 0 bridgehead atoms. The molecule has 5 N–H and O–H groups in total. The minimum atomic E-state index is -3.61. The second-order valence-corrected chi connectivity index (χ2v) is 14.5. The Bertz CT molecular complexity index is 1180. The number of aromatic nitrogens is 2. The van der Waals surface area contributed by atoms with Crippen LogP contribution in [0, 0.1) is 17.8 Å². The smallest absolute Gasteiger partial charge is 0.331 e. The van der Waals surface area contributed by atoms with Crippen LogP contribution in [0.25, 0.3) is 0 Å². The molecule has 45 heavy (non-hydrogen) atoms. The highest BCUT2D eigenvalue weighted by Crippen LogP contribution is 2.50. The first kappa shape index (κ1) is 36.9. The van der Waals surface area contributed by atoms with E-state index in [1.807, 2.05) is 44.2 Å². The number of nitrogens with zero attached hydrogens (tertiary/aromatic N) is 1. The van der Waals surface area contributed by atoms with E-state index in [0.29, 0.717) is 18.0 Å². The van der Waals surface area contributed by atoms with Gasteiger partial charge in [0.2, 0.25) is 11.8 Å². The second-order valence-electron chi connectivity index (χ2n) is 12.4. The van der Waals surface area contributed by atoms with Gasteiger partial charge in [0, 0.05) is 12.6 Å². The van der Waals surface area contributed by atoms with Crippen molar-refractivity contribution >= 4 is 19.4 Å². The molecule has 2 amide bonds. The molecule has 1 fully saturated rings. The normalized spacial score (nSPS) is 17.8. The van der Waals surface area contributed by atoms with Crippen LogP contribution in [-0.2, 0) is 36.0 Å². The van der Waals surface area contributed by atoms with Gasteiger partial charge in [-0.15, -0.1) is 0 Å². The standard InChI is InChI=1S/C33H53N4O7P/c1-5-43-45(42,44-6-2)21-26(17-24-13-9-7-10-14-24)32(40)37-29(19-27-20-34-22-35-27)33(41)36-28(31(39)30(38)23(3)4)18-25-15-11-8-12-16-25/h7,9-10,13-14,20,22-23,25-26,28-31,38-39H,5-6,8,11-12,15-19,21H2,1-4H3,(H,34,35)(H,36,41)(H,37,40)/t26-,28+,29+,30+,31-/m1/s1. The molecule has 1 saturated carbocycles. The lowest BCUT2D eigenvalue weighted by Gasteiger charge is -2.34. The number of aliphatic hydroxyl groups excluding tert-OH is 2. The Kier molecular flexibility index (Phi) is 15.2. The summed E-state index contributed by atoms with van der Waals surface area (Å²) in [5, 5.41) is 27.9. The number of aromatic amines is 1. The summed E-state index contributed by atoms with van der Waals surface area (Å²) in [6.07, 6.45) is 7.06. The van der Waals surface area contributed by atoms with Gasteiger partial charge in [-0.2, -0.15) is 0 Å². The largest absolute Gasteiger partial charge is 0.390 e. The van der Waals surface area contributed by atoms with Crippen molar-refractivity contribution in [2.45, 2.75) is 103 Å². The molecule has 3 rings (SSSR count). The van der Waals surface area contributed by atoms with Crippen LogP contribution in [0.1, 0.15) is 77.5 Å². The molecule has 1 aliphatic rings. The van der Waals surface area contributed by atoms with Crippen LogP contribution in [0.5, 0.6) is 0 Å². The third-order valence-corrected chi connectivity index (χ3v) is 10.7. The summed E-state index contributed by atoms with van der Waals surface area (Å²) >= 11 is 0. The van der Waals surface area contributed by atoms with Gasteiger partial charge in [-0.05, 0) is 44.1 Å².